The van der Waals surface area contributed by atoms with Crippen molar-refractivity contribution < 1.29 is 4.92 Å². The van der Waals surface area contributed by atoms with Crippen LogP contribution in [-0.4, -0.2) is 26.2 Å². The summed E-state index contributed by atoms with van der Waals surface area (Å²) in [6.07, 6.45) is 2.18. The molecule has 0 aromatic carbocycles. The van der Waals surface area contributed by atoms with E-state index in [2.05, 4.69) is 21.5 Å². The van der Waals surface area contributed by atoms with Crippen LogP contribution in [0, 0.1) is 30.9 Å². The molecule has 112 valence electrons. The quantitative estimate of drug-likeness (QED) is 0.502. The number of hydrogen-bond acceptors (Lipinski definition) is 5. The normalized spacial score (nSPS) is 10.6. The van der Waals surface area contributed by atoms with Crippen molar-refractivity contribution in [3.63, 3.8) is 0 Å². The molecule has 2 aromatic rings. The molecule has 2 rings (SSSR count). The lowest BCUT2D eigenvalue weighted by atomic mass is 10.2. The zero-order valence-electron chi connectivity index (χ0n) is 12.5. The van der Waals surface area contributed by atoms with Crippen LogP contribution in [0.2, 0.25) is 0 Å². The van der Waals surface area contributed by atoms with Crippen molar-refractivity contribution in [3.8, 4) is 0 Å². The van der Waals surface area contributed by atoms with E-state index in [9.17, 15) is 10.1 Å². The van der Waals surface area contributed by atoms with Gasteiger partial charge >= 0.3 is 0 Å². The summed E-state index contributed by atoms with van der Waals surface area (Å²) in [4.78, 5) is 14.3. The fourth-order valence-electron chi connectivity index (χ4n) is 2.18. The number of hydrogen-bond donors (Lipinski definition) is 1. The Morgan fingerprint density at radius 3 is 2.67 bits per heavy atom. The van der Waals surface area contributed by atoms with E-state index >= 15 is 0 Å². The average molecular weight is 289 g/mol. The van der Waals surface area contributed by atoms with Crippen molar-refractivity contribution in [1.29, 1.82) is 0 Å². The van der Waals surface area contributed by atoms with Gasteiger partial charge < -0.3 is 5.32 Å². The van der Waals surface area contributed by atoms with Gasteiger partial charge in [-0.05, 0) is 38.8 Å². The maximum absolute atomic E-state index is 10.7. The molecule has 1 N–H and O–H groups in total. The molecule has 0 aliphatic heterocycles. The second kappa shape index (κ2) is 6.34. The molecule has 7 heteroatoms. The summed E-state index contributed by atoms with van der Waals surface area (Å²) >= 11 is 0. The highest BCUT2D eigenvalue weighted by Crippen LogP contribution is 2.17. The maximum Gasteiger partial charge on any atom is 0.287 e. The number of rotatable bonds is 6. The highest BCUT2D eigenvalue weighted by molar-refractivity contribution is 5.48. The van der Waals surface area contributed by atoms with Gasteiger partial charge in [0, 0.05) is 24.8 Å². The fourth-order valence-corrected chi connectivity index (χ4v) is 2.18. The number of anilines is 1. The van der Waals surface area contributed by atoms with E-state index in [0.29, 0.717) is 5.82 Å². The molecule has 0 aliphatic carbocycles. The molecule has 7 nitrogen and oxygen atoms in total. The summed E-state index contributed by atoms with van der Waals surface area (Å²) in [5.74, 6) is 0.689. The largest absolute Gasteiger partial charge is 0.370 e. The molecule has 0 spiro atoms. The zero-order chi connectivity index (χ0) is 15.4. The van der Waals surface area contributed by atoms with Gasteiger partial charge in [-0.15, -0.1) is 0 Å². The number of nitro groups is 1. The fraction of sp³-hybridized carbons (Fsp3) is 0.429. The molecular formula is C14H19N5O2. The second-order valence-electron chi connectivity index (χ2n) is 5.05. The van der Waals surface area contributed by atoms with Crippen LogP contribution in [0.5, 0.6) is 0 Å². The van der Waals surface area contributed by atoms with E-state index in [1.165, 1.54) is 12.3 Å². The van der Waals surface area contributed by atoms with Crippen molar-refractivity contribution in [2.24, 2.45) is 0 Å². The molecule has 0 unspecified atom stereocenters. The Kier molecular flexibility index (Phi) is 4.52. The van der Waals surface area contributed by atoms with E-state index in [4.69, 9.17) is 0 Å². The van der Waals surface area contributed by atoms with Gasteiger partial charge in [0.2, 0.25) is 0 Å². The van der Waals surface area contributed by atoms with Crippen LogP contribution < -0.4 is 5.32 Å². The van der Waals surface area contributed by atoms with Crippen LogP contribution in [0.25, 0.3) is 0 Å². The first kappa shape index (κ1) is 15.0. The smallest absolute Gasteiger partial charge is 0.287 e. The van der Waals surface area contributed by atoms with Crippen molar-refractivity contribution in [3.05, 3.63) is 45.4 Å². The van der Waals surface area contributed by atoms with Crippen LogP contribution in [0.3, 0.4) is 0 Å². The van der Waals surface area contributed by atoms with E-state index in [-0.39, 0.29) is 5.69 Å². The van der Waals surface area contributed by atoms with Crippen molar-refractivity contribution in [2.45, 2.75) is 33.7 Å². The van der Waals surface area contributed by atoms with Gasteiger partial charge in [0.25, 0.3) is 5.69 Å². The summed E-state index contributed by atoms with van der Waals surface area (Å²) in [7, 11) is 0. The van der Waals surface area contributed by atoms with Crippen molar-refractivity contribution >= 4 is 11.5 Å². The van der Waals surface area contributed by atoms with Crippen LogP contribution in [-0.2, 0) is 6.54 Å². The predicted octanol–water partition coefficient (Wildman–Crippen LogP) is 2.61. The monoisotopic (exact) mass is 289 g/mol. The molecule has 0 bridgehead atoms. The first-order valence-corrected chi connectivity index (χ1v) is 6.83. The molecule has 0 amide bonds. The highest BCUT2D eigenvalue weighted by Gasteiger charge is 2.09. The zero-order valence-corrected chi connectivity index (χ0v) is 12.5. The van der Waals surface area contributed by atoms with Gasteiger partial charge in [-0.3, -0.25) is 14.8 Å². The summed E-state index contributed by atoms with van der Waals surface area (Å²) in [6.45, 7) is 7.40. The van der Waals surface area contributed by atoms with E-state index in [1.807, 2.05) is 25.5 Å². The molecule has 0 radical (unpaired) electrons. The molecule has 2 heterocycles. The summed E-state index contributed by atoms with van der Waals surface area (Å²) in [6, 6.07) is 3.58. The summed E-state index contributed by atoms with van der Waals surface area (Å²) in [5.41, 5.74) is 2.96. The Morgan fingerprint density at radius 1 is 1.33 bits per heavy atom. The van der Waals surface area contributed by atoms with Gasteiger partial charge in [0.05, 0.1) is 10.6 Å². The van der Waals surface area contributed by atoms with Crippen molar-refractivity contribution in [1.82, 2.24) is 14.8 Å². The van der Waals surface area contributed by atoms with E-state index in [0.717, 1.165) is 36.5 Å². The molecule has 0 saturated heterocycles. The van der Waals surface area contributed by atoms with Crippen LogP contribution >= 0.6 is 0 Å². The second-order valence-corrected chi connectivity index (χ2v) is 5.05. The first-order chi connectivity index (χ1) is 9.97. The number of pyridine rings is 1. The first-order valence-electron chi connectivity index (χ1n) is 6.83. The molecule has 2 aromatic heterocycles. The number of aryl methyl sites for hydroxylation is 4. The molecule has 0 atom stereocenters. The maximum atomic E-state index is 10.7. The average Bonchev–Trinajstić information content (AvgIpc) is 2.74. The van der Waals surface area contributed by atoms with Gasteiger partial charge in [0.1, 0.15) is 12.0 Å². The SMILES string of the molecule is Cc1cc(C)n(CCCNc2ncc([N+](=O)[O-])cc2C)n1. The molecule has 0 fully saturated rings. The van der Waals surface area contributed by atoms with Gasteiger partial charge in [-0.25, -0.2) is 4.98 Å². The Bertz CT molecular complexity index is 651. The lowest BCUT2D eigenvalue weighted by molar-refractivity contribution is -0.385. The number of nitrogens with one attached hydrogen (secondary N) is 1. The van der Waals surface area contributed by atoms with Crippen molar-refractivity contribution in [2.75, 3.05) is 11.9 Å². The molecule has 0 aliphatic rings. The minimum absolute atomic E-state index is 0.0145. The molecule has 0 saturated carbocycles. The van der Waals surface area contributed by atoms with Crippen LogP contribution in [0.1, 0.15) is 23.4 Å². The minimum atomic E-state index is -0.438. The van der Waals surface area contributed by atoms with Gasteiger partial charge in [-0.1, -0.05) is 0 Å². The highest BCUT2D eigenvalue weighted by atomic mass is 16.6. The summed E-state index contributed by atoms with van der Waals surface area (Å²) < 4.78 is 1.98. The topological polar surface area (TPSA) is 85.9 Å². The van der Waals surface area contributed by atoms with E-state index < -0.39 is 4.92 Å². The predicted molar refractivity (Wildman–Crippen MR) is 80.4 cm³/mol. The number of aromatic nitrogens is 3. The third-order valence-electron chi connectivity index (χ3n) is 3.22. The standard InChI is InChI=1S/C14H19N5O2/c1-10-7-13(19(20)21)9-16-14(10)15-5-4-6-18-12(3)8-11(2)17-18/h7-9H,4-6H2,1-3H3,(H,15,16). The Balaban J connectivity index is 1.86. The third kappa shape index (κ3) is 3.77. The van der Waals surface area contributed by atoms with Crippen LogP contribution in [0.15, 0.2) is 18.3 Å². The Morgan fingerprint density at radius 2 is 2.10 bits per heavy atom. The van der Waals surface area contributed by atoms with Gasteiger partial charge in [-0.2, -0.15) is 5.10 Å². The lowest BCUT2D eigenvalue weighted by Crippen LogP contribution is -2.10. The minimum Gasteiger partial charge on any atom is -0.370 e. The Labute approximate surface area is 123 Å². The lowest BCUT2D eigenvalue weighted by Gasteiger charge is -2.09. The Hall–Kier alpha value is -2.44. The number of nitrogens with zero attached hydrogens (tertiary/aromatic N) is 4. The van der Waals surface area contributed by atoms with E-state index in [1.54, 1.807) is 0 Å². The van der Waals surface area contributed by atoms with Gasteiger partial charge in [0.15, 0.2) is 0 Å². The van der Waals surface area contributed by atoms with Crippen LogP contribution in [0.4, 0.5) is 11.5 Å². The molecule has 21 heavy (non-hydrogen) atoms. The third-order valence-corrected chi connectivity index (χ3v) is 3.22. The summed E-state index contributed by atoms with van der Waals surface area (Å²) in [5, 5.41) is 18.3. The molecular weight excluding hydrogens is 270 g/mol.